The Morgan fingerprint density at radius 1 is 1.07 bits per heavy atom. The number of nitrogens with one attached hydrogen (secondary N) is 2. The van der Waals surface area contributed by atoms with Crippen LogP contribution in [0.3, 0.4) is 0 Å². The Balaban J connectivity index is 1.47. The van der Waals surface area contributed by atoms with Crippen LogP contribution in [0, 0.1) is 0 Å². The molecule has 1 aromatic heterocycles. The molecule has 0 atom stereocenters. The number of urea groups is 1. The van der Waals surface area contributed by atoms with Crippen molar-refractivity contribution in [1.82, 2.24) is 5.32 Å². The molecule has 2 aromatic carbocycles. The molecule has 0 fully saturated rings. The van der Waals surface area contributed by atoms with Crippen LogP contribution < -0.4 is 10.6 Å². The van der Waals surface area contributed by atoms with Crippen LogP contribution in [0.25, 0.3) is 11.0 Å². The third-order valence-corrected chi connectivity index (χ3v) is 3.62. The van der Waals surface area contributed by atoms with Crippen molar-refractivity contribution in [3.8, 4) is 5.75 Å². The first-order valence-corrected chi connectivity index (χ1v) is 8.02. The van der Waals surface area contributed by atoms with Crippen molar-refractivity contribution in [3.63, 3.8) is 0 Å². The minimum atomic E-state index is -0.751. The zero-order chi connectivity index (χ0) is 19.2. The van der Waals surface area contributed by atoms with E-state index >= 15 is 0 Å². The van der Waals surface area contributed by atoms with Crippen LogP contribution in [0.5, 0.6) is 5.75 Å². The summed E-state index contributed by atoms with van der Waals surface area (Å²) >= 11 is 0. The number of benzene rings is 2. The SMILES string of the molecule is O=C(COC(=O)Cc1coc2cc(O)ccc12)NC(=O)Nc1ccccc1. The normalized spacial score (nSPS) is 10.4. The molecule has 3 amide bonds. The van der Waals surface area contributed by atoms with E-state index in [0.717, 1.165) is 0 Å². The fraction of sp³-hybridized carbons (Fsp3) is 0.105. The Hall–Kier alpha value is -3.81. The third-order valence-electron chi connectivity index (χ3n) is 3.62. The van der Waals surface area contributed by atoms with E-state index in [9.17, 15) is 19.5 Å². The second-order valence-corrected chi connectivity index (χ2v) is 5.65. The van der Waals surface area contributed by atoms with Gasteiger partial charge in [-0.2, -0.15) is 0 Å². The fourth-order valence-electron chi connectivity index (χ4n) is 2.41. The van der Waals surface area contributed by atoms with Gasteiger partial charge in [-0.15, -0.1) is 0 Å². The van der Waals surface area contributed by atoms with Crippen molar-refractivity contribution in [2.45, 2.75) is 6.42 Å². The maximum atomic E-state index is 11.9. The van der Waals surface area contributed by atoms with Gasteiger partial charge in [-0.1, -0.05) is 18.2 Å². The molecule has 0 aliphatic rings. The van der Waals surface area contributed by atoms with E-state index in [1.165, 1.54) is 18.4 Å². The second kappa shape index (κ2) is 8.05. The Morgan fingerprint density at radius 3 is 2.63 bits per heavy atom. The summed E-state index contributed by atoms with van der Waals surface area (Å²) < 4.78 is 10.1. The number of furan rings is 1. The zero-order valence-electron chi connectivity index (χ0n) is 14.1. The number of aromatic hydroxyl groups is 1. The first kappa shape index (κ1) is 18.0. The summed E-state index contributed by atoms with van der Waals surface area (Å²) in [5, 5.41) is 14.6. The molecule has 27 heavy (non-hydrogen) atoms. The predicted molar refractivity (Wildman–Crippen MR) is 96.1 cm³/mol. The molecule has 8 nitrogen and oxygen atoms in total. The van der Waals surface area contributed by atoms with E-state index in [4.69, 9.17) is 9.15 Å². The Kier molecular flexibility index (Phi) is 5.36. The fourth-order valence-corrected chi connectivity index (χ4v) is 2.41. The average Bonchev–Trinajstić information content (AvgIpc) is 3.02. The first-order valence-electron chi connectivity index (χ1n) is 8.02. The smallest absolute Gasteiger partial charge is 0.325 e. The van der Waals surface area contributed by atoms with Gasteiger partial charge < -0.3 is 19.6 Å². The van der Waals surface area contributed by atoms with Crippen molar-refractivity contribution < 1.29 is 28.6 Å². The lowest BCUT2D eigenvalue weighted by Gasteiger charge is -2.07. The number of phenolic OH excluding ortho intramolecular Hbond substituents is 1. The molecule has 3 N–H and O–H groups in total. The lowest BCUT2D eigenvalue weighted by molar-refractivity contribution is -0.147. The number of imide groups is 1. The van der Waals surface area contributed by atoms with Gasteiger partial charge in [0.1, 0.15) is 11.3 Å². The Bertz CT molecular complexity index is 980. The quantitative estimate of drug-likeness (QED) is 0.596. The molecule has 8 heteroatoms. The summed E-state index contributed by atoms with van der Waals surface area (Å²) in [5.41, 5.74) is 1.53. The molecule has 0 aliphatic heterocycles. The topological polar surface area (TPSA) is 118 Å². The number of ether oxygens (including phenoxy) is 1. The molecule has 0 saturated carbocycles. The number of para-hydroxylation sites is 1. The van der Waals surface area contributed by atoms with Gasteiger partial charge in [0, 0.05) is 22.7 Å². The lowest BCUT2D eigenvalue weighted by Crippen LogP contribution is -2.37. The maximum absolute atomic E-state index is 11.9. The van der Waals surface area contributed by atoms with Crippen molar-refractivity contribution >= 4 is 34.6 Å². The summed E-state index contributed by atoms with van der Waals surface area (Å²) in [6.07, 6.45) is 1.28. The van der Waals surface area contributed by atoms with Gasteiger partial charge in [-0.3, -0.25) is 14.9 Å². The van der Waals surface area contributed by atoms with Gasteiger partial charge in [0.25, 0.3) is 5.91 Å². The highest BCUT2D eigenvalue weighted by atomic mass is 16.5. The van der Waals surface area contributed by atoms with Crippen LogP contribution in [-0.2, 0) is 20.7 Å². The summed E-state index contributed by atoms with van der Waals surface area (Å²) in [6, 6.07) is 12.4. The van der Waals surface area contributed by atoms with Gasteiger partial charge in [-0.05, 0) is 24.3 Å². The number of phenols is 1. The van der Waals surface area contributed by atoms with Crippen LogP contribution in [0.4, 0.5) is 10.5 Å². The third kappa shape index (κ3) is 4.85. The molecule has 3 rings (SSSR count). The number of esters is 1. The van der Waals surface area contributed by atoms with Crippen LogP contribution in [0.2, 0.25) is 0 Å². The Morgan fingerprint density at radius 2 is 1.85 bits per heavy atom. The standard InChI is InChI=1S/C19H16N2O6/c22-14-6-7-15-12(10-26-16(15)9-14)8-18(24)27-11-17(23)21-19(25)20-13-4-2-1-3-5-13/h1-7,9-10,22H,8,11H2,(H2,20,21,23,25). The molecular weight excluding hydrogens is 352 g/mol. The van der Waals surface area contributed by atoms with E-state index in [1.807, 2.05) is 0 Å². The summed E-state index contributed by atoms with van der Waals surface area (Å²) in [4.78, 5) is 35.3. The first-order chi connectivity index (χ1) is 13.0. The molecule has 0 unspecified atom stereocenters. The number of carbonyl (C=O) groups excluding carboxylic acids is 3. The van der Waals surface area contributed by atoms with E-state index < -0.39 is 24.5 Å². The molecule has 0 aliphatic carbocycles. The van der Waals surface area contributed by atoms with E-state index in [2.05, 4.69) is 10.6 Å². The summed E-state index contributed by atoms with van der Waals surface area (Å²) in [6.45, 7) is -0.586. The monoisotopic (exact) mass is 368 g/mol. The van der Waals surface area contributed by atoms with Crippen molar-refractivity contribution in [3.05, 3.63) is 60.4 Å². The lowest BCUT2D eigenvalue weighted by atomic mass is 10.1. The maximum Gasteiger partial charge on any atom is 0.325 e. The minimum Gasteiger partial charge on any atom is -0.508 e. The van der Waals surface area contributed by atoms with Crippen LogP contribution in [0.1, 0.15) is 5.56 Å². The minimum absolute atomic E-state index is 0.0522. The van der Waals surface area contributed by atoms with E-state index in [1.54, 1.807) is 36.4 Å². The molecule has 0 spiro atoms. The number of amides is 3. The highest BCUT2D eigenvalue weighted by Crippen LogP contribution is 2.25. The number of hydrogen-bond acceptors (Lipinski definition) is 6. The van der Waals surface area contributed by atoms with Crippen LogP contribution >= 0.6 is 0 Å². The summed E-state index contributed by atoms with van der Waals surface area (Å²) in [5.74, 6) is -1.35. The summed E-state index contributed by atoms with van der Waals surface area (Å²) in [7, 11) is 0. The number of anilines is 1. The number of hydrogen-bond donors (Lipinski definition) is 3. The van der Waals surface area contributed by atoms with Gasteiger partial charge in [0.05, 0.1) is 12.7 Å². The highest BCUT2D eigenvalue weighted by Gasteiger charge is 2.14. The number of carbonyl (C=O) groups is 3. The molecule has 138 valence electrons. The van der Waals surface area contributed by atoms with Crippen molar-refractivity contribution in [1.29, 1.82) is 0 Å². The predicted octanol–water partition coefficient (Wildman–Crippen LogP) is 2.57. The van der Waals surface area contributed by atoms with Crippen LogP contribution in [0.15, 0.2) is 59.2 Å². The van der Waals surface area contributed by atoms with Gasteiger partial charge >= 0.3 is 12.0 Å². The number of rotatable bonds is 5. The van der Waals surface area contributed by atoms with Gasteiger partial charge in [-0.25, -0.2) is 4.79 Å². The van der Waals surface area contributed by atoms with Crippen molar-refractivity contribution in [2.24, 2.45) is 0 Å². The van der Waals surface area contributed by atoms with Crippen LogP contribution in [-0.4, -0.2) is 29.6 Å². The van der Waals surface area contributed by atoms with Gasteiger partial charge in [0.15, 0.2) is 6.61 Å². The average molecular weight is 368 g/mol. The molecular formula is C19H16N2O6. The van der Waals surface area contributed by atoms with Gasteiger partial charge in [0.2, 0.25) is 0 Å². The largest absolute Gasteiger partial charge is 0.508 e. The zero-order valence-corrected chi connectivity index (χ0v) is 14.1. The Labute approximate surface area is 153 Å². The van der Waals surface area contributed by atoms with E-state index in [0.29, 0.717) is 22.2 Å². The molecule has 0 saturated heterocycles. The molecule has 0 bridgehead atoms. The highest BCUT2D eigenvalue weighted by molar-refractivity contribution is 6.01. The molecule has 1 heterocycles. The van der Waals surface area contributed by atoms with E-state index in [-0.39, 0.29) is 12.2 Å². The second-order valence-electron chi connectivity index (χ2n) is 5.65. The molecule has 0 radical (unpaired) electrons. The molecule has 3 aromatic rings. The van der Waals surface area contributed by atoms with Crippen molar-refractivity contribution in [2.75, 3.05) is 11.9 Å². The number of fused-ring (bicyclic) bond motifs is 1.